The summed E-state index contributed by atoms with van der Waals surface area (Å²) in [5.41, 5.74) is 0. The largest absolute Gasteiger partial charge is 0.383 e. The molecule has 1 rings (SSSR count). The molecule has 0 saturated carbocycles. The van der Waals surface area contributed by atoms with Gasteiger partial charge in [-0.1, -0.05) is 26.8 Å². The SMILES string of the molecule is CCCNc1cccc(N(CCOC)C(CC)CC)n1. The van der Waals surface area contributed by atoms with Crippen LogP contribution in [0.5, 0.6) is 0 Å². The predicted molar refractivity (Wildman–Crippen MR) is 86.6 cm³/mol. The summed E-state index contributed by atoms with van der Waals surface area (Å²) in [4.78, 5) is 7.10. The van der Waals surface area contributed by atoms with Crippen molar-refractivity contribution in [3.8, 4) is 0 Å². The highest BCUT2D eigenvalue weighted by Crippen LogP contribution is 2.20. The number of methoxy groups -OCH3 is 1. The lowest BCUT2D eigenvalue weighted by atomic mass is 10.1. The minimum atomic E-state index is 0.513. The highest BCUT2D eigenvalue weighted by molar-refractivity contribution is 5.47. The van der Waals surface area contributed by atoms with Crippen LogP contribution in [-0.4, -0.2) is 37.8 Å². The fraction of sp³-hybridized carbons (Fsp3) is 0.688. The zero-order valence-corrected chi connectivity index (χ0v) is 13.4. The van der Waals surface area contributed by atoms with Gasteiger partial charge in [-0.2, -0.15) is 0 Å². The van der Waals surface area contributed by atoms with E-state index in [9.17, 15) is 0 Å². The summed E-state index contributed by atoms with van der Waals surface area (Å²) >= 11 is 0. The van der Waals surface area contributed by atoms with Gasteiger partial charge in [-0.3, -0.25) is 0 Å². The second kappa shape index (κ2) is 9.59. The highest BCUT2D eigenvalue weighted by atomic mass is 16.5. The molecule has 0 bridgehead atoms. The van der Waals surface area contributed by atoms with E-state index in [0.717, 1.165) is 50.6 Å². The summed E-state index contributed by atoms with van der Waals surface area (Å²) in [6.45, 7) is 9.18. The first-order valence-electron chi connectivity index (χ1n) is 7.73. The molecule has 1 heterocycles. The maximum absolute atomic E-state index is 5.24. The van der Waals surface area contributed by atoms with Crippen LogP contribution in [0.15, 0.2) is 18.2 Å². The molecule has 1 aromatic rings. The number of pyridine rings is 1. The highest BCUT2D eigenvalue weighted by Gasteiger charge is 2.16. The molecule has 0 aliphatic heterocycles. The zero-order chi connectivity index (χ0) is 14.8. The first-order valence-corrected chi connectivity index (χ1v) is 7.73. The zero-order valence-electron chi connectivity index (χ0n) is 13.4. The van der Waals surface area contributed by atoms with Crippen LogP contribution in [0.4, 0.5) is 11.6 Å². The van der Waals surface area contributed by atoms with E-state index < -0.39 is 0 Å². The Hall–Kier alpha value is -1.29. The summed E-state index contributed by atoms with van der Waals surface area (Å²) in [5.74, 6) is 1.99. The van der Waals surface area contributed by atoms with Crippen LogP contribution in [0.1, 0.15) is 40.0 Å². The van der Waals surface area contributed by atoms with Crippen LogP contribution in [0.3, 0.4) is 0 Å². The Morgan fingerprint density at radius 3 is 2.60 bits per heavy atom. The van der Waals surface area contributed by atoms with Gasteiger partial charge in [-0.25, -0.2) is 4.98 Å². The van der Waals surface area contributed by atoms with Crippen molar-refractivity contribution >= 4 is 11.6 Å². The molecule has 114 valence electrons. The van der Waals surface area contributed by atoms with Crippen LogP contribution >= 0.6 is 0 Å². The van der Waals surface area contributed by atoms with E-state index in [-0.39, 0.29) is 0 Å². The number of ether oxygens (including phenoxy) is 1. The molecule has 1 aromatic heterocycles. The molecule has 0 aliphatic carbocycles. The maximum Gasteiger partial charge on any atom is 0.131 e. The Kier molecular flexibility index (Phi) is 8.04. The smallest absolute Gasteiger partial charge is 0.131 e. The average Bonchev–Trinajstić information content (AvgIpc) is 2.49. The van der Waals surface area contributed by atoms with Gasteiger partial charge in [0.05, 0.1) is 6.61 Å². The molecular weight excluding hydrogens is 250 g/mol. The molecule has 0 fully saturated rings. The molecule has 0 spiro atoms. The Bertz CT molecular complexity index is 366. The van der Waals surface area contributed by atoms with Gasteiger partial charge in [0, 0.05) is 26.2 Å². The summed E-state index contributed by atoms with van der Waals surface area (Å²) in [7, 11) is 1.75. The molecule has 4 heteroatoms. The van der Waals surface area contributed by atoms with Gasteiger partial charge in [-0.15, -0.1) is 0 Å². The van der Waals surface area contributed by atoms with Crippen molar-refractivity contribution in [3.05, 3.63) is 18.2 Å². The third-order valence-corrected chi connectivity index (χ3v) is 3.50. The number of hydrogen-bond acceptors (Lipinski definition) is 4. The summed E-state index contributed by atoms with van der Waals surface area (Å²) in [6, 6.07) is 6.70. The number of aromatic nitrogens is 1. The summed E-state index contributed by atoms with van der Waals surface area (Å²) in [5, 5.41) is 3.35. The fourth-order valence-corrected chi connectivity index (χ4v) is 2.34. The van der Waals surface area contributed by atoms with E-state index >= 15 is 0 Å². The lowest BCUT2D eigenvalue weighted by Gasteiger charge is -2.31. The molecule has 0 aromatic carbocycles. The molecule has 0 saturated heterocycles. The third kappa shape index (κ3) is 5.00. The minimum absolute atomic E-state index is 0.513. The van der Waals surface area contributed by atoms with Crippen LogP contribution in [0, 0.1) is 0 Å². The van der Waals surface area contributed by atoms with E-state index in [2.05, 4.69) is 43.1 Å². The molecule has 20 heavy (non-hydrogen) atoms. The normalized spacial score (nSPS) is 10.8. The Labute approximate surface area is 123 Å². The van der Waals surface area contributed by atoms with Crippen molar-refractivity contribution in [1.29, 1.82) is 0 Å². The first-order chi connectivity index (χ1) is 9.76. The van der Waals surface area contributed by atoms with Crippen molar-refractivity contribution in [2.75, 3.05) is 37.0 Å². The Morgan fingerprint density at radius 1 is 1.25 bits per heavy atom. The molecule has 0 aliphatic rings. The van der Waals surface area contributed by atoms with Crippen molar-refractivity contribution in [2.24, 2.45) is 0 Å². The topological polar surface area (TPSA) is 37.4 Å². The van der Waals surface area contributed by atoms with Crippen molar-refractivity contribution < 1.29 is 4.74 Å². The van der Waals surface area contributed by atoms with Crippen LogP contribution < -0.4 is 10.2 Å². The summed E-state index contributed by atoms with van der Waals surface area (Å²) < 4.78 is 5.24. The number of nitrogens with one attached hydrogen (secondary N) is 1. The van der Waals surface area contributed by atoms with Gasteiger partial charge in [0.1, 0.15) is 11.6 Å². The summed E-state index contributed by atoms with van der Waals surface area (Å²) in [6.07, 6.45) is 3.34. The van der Waals surface area contributed by atoms with E-state index in [4.69, 9.17) is 9.72 Å². The molecule has 0 unspecified atom stereocenters. The van der Waals surface area contributed by atoms with Gasteiger partial charge in [-0.05, 0) is 31.4 Å². The van der Waals surface area contributed by atoms with Crippen molar-refractivity contribution in [2.45, 2.75) is 46.1 Å². The fourth-order valence-electron chi connectivity index (χ4n) is 2.34. The number of hydrogen-bond donors (Lipinski definition) is 1. The second-order valence-corrected chi connectivity index (χ2v) is 4.96. The van der Waals surface area contributed by atoms with Gasteiger partial charge >= 0.3 is 0 Å². The van der Waals surface area contributed by atoms with Crippen LogP contribution in [-0.2, 0) is 4.74 Å². The van der Waals surface area contributed by atoms with E-state index in [1.807, 2.05) is 6.07 Å². The van der Waals surface area contributed by atoms with E-state index in [1.54, 1.807) is 7.11 Å². The van der Waals surface area contributed by atoms with Crippen LogP contribution in [0.25, 0.3) is 0 Å². The average molecular weight is 279 g/mol. The first kappa shape index (κ1) is 16.8. The van der Waals surface area contributed by atoms with Crippen molar-refractivity contribution in [1.82, 2.24) is 4.98 Å². The number of anilines is 2. The Balaban J connectivity index is 2.87. The monoisotopic (exact) mass is 279 g/mol. The number of nitrogens with zero attached hydrogens (tertiary/aromatic N) is 2. The molecule has 4 nitrogen and oxygen atoms in total. The van der Waals surface area contributed by atoms with Crippen LogP contribution in [0.2, 0.25) is 0 Å². The molecule has 0 amide bonds. The third-order valence-electron chi connectivity index (χ3n) is 3.50. The molecular formula is C16H29N3O. The maximum atomic E-state index is 5.24. The van der Waals surface area contributed by atoms with Crippen molar-refractivity contribution in [3.63, 3.8) is 0 Å². The molecule has 1 N–H and O–H groups in total. The molecule has 0 atom stereocenters. The van der Waals surface area contributed by atoms with Gasteiger partial charge < -0.3 is 15.0 Å². The number of rotatable bonds is 10. The standard InChI is InChI=1S/C16H29N3O/c1-5-11-17-15-9-8-10-16(18-15)19(12-13-20-4)14(6-2)7-3/h8-10,14H,5-7,11-13H2,1-4H3,(H,17,18). The quantitative estimate of drug-likeness (QED) is 0.711. The lowest BCUT2D eigenvalue weighted by Crippen LogP contribution is -2.37. The minimum Gasteiger partial charge on any atom is -0.383 e. The van der Waals surface area contributed by atoms with Gasteiger partial charge in [0.2, 0.25) is 0 Å². The Morgan fingerprint density at radius 2 is 2.00 bits per heavy atom. The molecule has 0 radical (unpaired) electrons. The van der Waals surface area contributed by atoms with Gasteiger partial charge in [0.15, 0.2) is 0 Å². The van der Waals surface area contributed by atoms with E-state index in [1.165, 1.54) is 0 Å². The van der Waals surface area contributed by atoms with E-state index in [0.29, 0.717) is 6.04 Å². The van der Waals surface area contributed by atoms with Gasteiger partial charge in [0.25, 0.3) is 0 Å². The lowest BCUT2D eigenvalue weighted by molar-refractivity contribution is 0.202. The predicted octanol–water partition coefficient (Wildman–Crippen LogP) is 3.54. The second-order valence-electron chi connectivity index (χ2n) is 4.96.